The van der Waals surface area contributed by atoms with E-state index in [-0.39, 0.29) is 29.7 Å². The van der Waals surface area contributed by atoms with Gasteiger partial charge in [-0.3, -0.25) is 19.9 Å². The van der Waals surface area contributed by atoms with Gasteiger partial charge in [-0.25, -0.2) is 9.59 Å². The first kappa shape index (κ1) is 39.8. The number of nitriles is 2. The first-order chi connectivity index (χ1) is 25.2. The number of carbonyl (C=O) groups excluding carboxylic acids is 1. The molecule has 5 heterocycles. The van der Waals surface area contributed by atoms with Gasteiger partial charge in [0.1, 0.15) is 12.1 Å². The monoisotopic (exact) mass is 748 g/mol. The summed E-state index contributed by atoms with van der Waals surface area (Å²) in [4.78, 5) is 39.9. The number of carbonyl (C=O) groups is 2. The van der Waals surface area contributed by atoms with Crippen molar-refractivity contribution in [3.8, 4) is 12.1 Å². The molecule has 7 rings (SSSR count). The van der Waals surface area contributed by atoms with Crippen LogP contribution >= 0.6 is 23.2 Å². The first-order valence-electron chi connectivity index (χ1n) is 15.9. The molecule has 0 aliphatic carbocycles. The van der Waals surface area contributed by atoms with Gasteiger partial charge in [-0.2, -0.15) is 10.5 Å². The van der Waals surface area contributed by atoms with Crippen LogP contribution < -0.4 is 0 Å². The maximum absolute atomic E-state index is 11.8. The van der Waals surface area contributed by atoms with E-state index < -0.39 is 11.9 Å². The predicted molar refractivity (Wildman–Crippen MR) is 202 cm³/mol. The molecule has 1 fully saturated rings. The van der Waals surface area contributed by atoms with E-state index in [1.54, 1.807) is 18.5 Å². The summed E-state index contributed by atoms with van der Waals surface area (Å²) in [6.45, 7) is 2.00. The average molecular weight is 750 g/mol. The molecule has 0 spiro atoms. The Morgan fingerprint density at radius 1 is 0.736 bits per heavy atom. The molecule has 2 aromatic carbocycles. The summed E-state index contributed by atoms with van der Waals surface area (Å²) < 4.78 is 9.66. The second-order valence-electron chi connectivity index (χ2n) is 11.5. The van der Waals surface area contributed by atoms with Crippen LogP contribution in [0.1, 0.15) is 74.6 Å². The number of hydrogen-bond donors (Lipinski definition) is 1. The number of aromatic carboxylic acids is 1. The molecular weight excluding hydrogens is 715 g/mol. The number of esters is 1. The molecule has 53 heavy (non-hydrogen) atoms. The van der Waals surface area contributed by atoms with E-state index in [0.717, 1.165) is 46.1 Å². The second kappa shape index (κ2) is 19.0. The number of aromatic nitrogens is 4. The van der Waals surface area contributed by atoms with E-state index in [0.29, 0.717) is 34.3 Å². The normalized spacial score (nSPS) is 11.5. The van der Waals surface area contributed by atoms with Crippen LogP contribution in [0.3, 0.4) is 0 Å². The molecule has 0 saturated carbocycles. The number of ether oxygens (including phenoxy) is 2. The van der Waals surface area contributed by atoms with Gasteiger partial charge in [0.15, 0.2) is 0 Å². The van der Waals surface area contributed by atoms with E-state index >= 15 is 0 Å². The van der Waals surface area contributed by atoms with Crippen LogP contribution in [0.2, 0.25) is 10.0 Å². The summed E-state index contributed by atoms with van der Waals surface area (Å²) >= 11 is 11.9. The van der Waals surface area contributed by atoms with Gasteiger partial charge < -0.3 is 14.6 Å². The minimum atomic E-state index is -1.14. The average Bonchev–Trinajstić information content (AvgIpc) is 3.75. The SMILES string of the molecule is C.C1CCOC1.COC(=O)c1cc(Cc2ccc3ncc(Cl)cc3c2)ncc1C#N.N#Cc1cnc(Cc2ccc3ncc(Cl)cc3c2)cc1C(=O)O. The number of carboxylic acids is 1. The maximum atomic E-state index is 11.8. The van der Waals surface area contributed by atoms with Crippen LogP contribution in [0.4, 0.5) is 0 Å². The Balaban J connectivity index is 0.000000205. The topological polar surface area (TPSA) is 172 Å². The number of nitrogens with zero attached hydrogens (tertiary/aromatic N) is 6. The fourth-order valence-electron chi connectivity index (χ4n) is 5.28. The third kappa shape index (κ3) is 10.8. The number of fused-ring (bicyclic) bond motifs is 2. The number of methoxy groups -OCH3 is 1. The minimum absolute atomic E-state index is 0. The summed E-state index contributed by atoms with van der Waals surface area (Å²) in [5.41, 5.74) is 5.31. The number of benzene rings is 2. The molecule has 1 aliphatic rings. The molecule has 0 radical (unpaired) electrons. The van der Waals surface area contributed by atoms with E-state index in [2.05, 4.69) is 19.9 Å². The van der Waals surface area contributed by atoms with Crippen LogP contribution in [0, 0.1) is 22.7 Å². The number of pyridine rings is 4. The fourth-order valence-corrected chi connectivity index (χ4v) is 5.61. The van der Waals surface area contributed by atoms with Gasteiger partial charge in [-0.15, -0.1) is 0 Å². The number of carboxylic acid groups (broad SMARTS) is 1. The lowest BCUT2D eigenvalue weighted by Gasteiger charge is -2.07. The highest BCUT2D eigenvalue weighted by molar-refractivity contribution is 6.31. The molecule has 0 unspecified atom stereocenters. The van der Waals surface area contributed by atoms with Gasteiger partial charge in [-0.05, 0) is 72.5 Å². The Kier molecular flexibility index (Phi) is 14.3. The Labute approximate surface area is 316 Å². The second-order valence-corrected chi connectivity index (χ2v) is 12.4. The molecule has 6 aromatic rings. The predicted octanol–water partition coefficient (Wildman–Crippen LogP) is 8.41. The third-order valence-corrected chi connectivity index (χ3v) is 8.23. The van der Waals surface area contributed by atoms with Crippen molar-refractivity contribution >= 4 is 56.9 Å². The van der Waals surface area contributed by atoms with Crippen molar-refractivity contribution in [3.63, 3.8) is 0 Å². The lowest BCUT2D eigenvalue weighted by atomic mass is 10.0. The van der Waals surface area contributed by atoms with Crippen LogP contribution in [-0.2, 0) is 22.3 Å². The van der Waals surface area contributed by atoms with E-state index in [4.69, 9.17) is 48.3 Å². The standard InChI is InChI=1S/C18H12ClN3O2.C17H10ClN3O2.C4H8O.CH4/c1-24-18(23)16-7-15(21-9-13(16)8-20)5-11-2-3-17-12(4-11)6-14(19)10-22-17;18-13-5-11-3-10(1-2-16(11)21-9-13)4-14-6-15(17(22)23)12(7-19)8-20-14;1-2-4-5-3-1;/h2-4,6-7,9-10H,5H2,1H3;1-3,5-6,8-9H,4H2,(H,22,23);1-4H2;1H4. The molecule has 1 aliphatic heterocycles. The largest absolute Gasteiger partial charge is 0.478 e. The molecule has 1 N–H and O–H groups in total. The summed E-state index contributed by atoms with van der Waals surface area (Å²) in [6, 6.07) is 22.0. The van der Waals surface area contributed by atoms with Gasteiger partial charge in [0.2, 0.25) is 0 Å². The molecule has 0 atom stereocenters. The molecule has 11 nitrogen and oxygen atoms in total. The van der Waals surface area contributed by atoms with E-state index in [1.807, 2.05) is 60.7 Å². The van der Waals surface area contributed by atoms with Gasteiger partial charge in [0.25, 0.3) is 0 Å². The Bertz CT molecular complexity index is 2340. The van der Waals surface area contributed by atoms with Crippen molar-refractivity contribution in [2.75, 3.05) is 20.3 Å². The third-order valence-electron chi connectivity index (χ3n) is 7.82. The molecule has 13 heteroatoms. The maximum Gasteiger partial charge on any atom is 0.339 e. The van der Waals surface area contributed by atoms with E-state index in [1.165, 1.54) is 38.4 Å². The van der Waals surface area contributed by atoms with Crippen LogP contribution in [-0.4, -0.2) is 57.3 Å². The highest BCUT2D eigenvalue weighted by Gasteiger charge is 2.15. The Morgan fingerprint density at radius 2 is 1.21 bits per heavy atom. The van der Waals surface area contributed by atoms with Crippen molar-refractivity contribution in [1.29, 1.82) is 10.5 Å². The zero-order chi connectivity index (χ0) is 37.0. The summed E-state index contributed by atoms with van der Waals surface area (Å²) in [5.74, 6) is -1.69. The molecule has 4 aromatic heterocycles. The highest BCUT2D eigenvalue weighted by Crippen LogP contribution is 2.22. The van der Waals surface area contributed by atoms with Crippen molar-refractivity contribution in [2.45, 2.75) is 33.1 Å². The lowest BCUT2D eigenvalue weighted by molar-refractivity contribution is 0.0599. The van der Waals surface area contributed by atoms with E-state index in [9.17, 15) is 9.59 Å². The first-order valence-corrected chi connectivity index (χ1v) is 16.7. The zero-order valence-corrected chi connectivity index (χ0v) is 29.4. The molecule has 0 amide bonds. The molecule has 1 saturated heterocycles. The van der Waals surface area contributed by atoms with Gasteiger partial charge in [0.05, 0.1) is 50.4 Å². The Morgan fingerprint density at radius 3 is 1.62 bits per heavy atom. The van der Waals surface area contributed by atoms with Gasteiger partial charge >= 0.3 is 11.9 Å². The number of rotatable bonds is 6. The number of hydrogen-bond acceptors (Lipinski definition) is 10. The van der Waals surface area contributed by atoms with Crippen molar-refractivity contribution in [2.24, 2.45) is 0 Å². The van der Waals surface area contributed by atoms with Crippen molar-refractivity contribution in [3.05, 3.63) is 140 Å². The fraction of sp³-hybridized carbons (Fsp3) is 0.200. The van der Waals surface area contributed by atoms with Crippen molar-refractivity contribution in [1.82, 2.24) is 19.9 Å². The molecule has 268 valence electrons. The van der Waals surface area contributed by atoms with Gasteiger partial charge in [0, 0.05) is 73.0 Å². The zero-order valence-electron chi connectivity index (χ0n) is 27.8. The highest BCUT2D eigenvalue weighted by atomic mass is 35.5. The van der Waals surface area contributed by atoms with Crippen LogP contribution in [0.25, 0.3) is 21.8 Å². The lowest BCUT2D eigenvalue weighted by Crippen LogP contribution is -2.06. The smallest absolute Gasteiger partial charge is 0.339 e. The van der Waals surface area contributed by atoms with Crippen molar-refractivity contribution < 1.29 is 24.2 Å². The van der Waals surface area contributed by atoms with Crippen LogP contribution in [0.5, 0.6) is 0 Å². The van der Waals surface area contributed by atoms with Gasteiger partial charge in [-0.1, -0.05) is 42.8 Å². The summed E-state index contributed by atoms with van der Waals surface area (Å²) in [6.07, 6.45) is 9.39. The molecule has 0 bridgehead atoms. The Hall–Kier alpha value is -5.98. The quantitative estimate of drug-likeness (QED) is 0.162. The summed E-state index contributed by atoms with van der Waals surface area (Å²) in [7, 11) is 1.28. The summed E-state index contributed by atoms with van der Waals surface area (Å²) in [5, 5.41) is 30.1. The number of halogens is 2. The molecular formula is C40H34Cl2N6O5. The minimum Gasteiger partial charge on any atom is -0.478 e. The van der Waals surface area contributed by atoms with Crippen LogP contribution in [0.15, 0.2) is 85.5 Å².